The minimum Gasteiger partial charge on any atom is -0.481 e. The van der Waals surface area contributed by atoms with E-state index in [1.807, 2.05) is 88.4 Å². The third-order valence-corrected chi connectivity index (χ3v) is 3.98. The standard InChI is InChI=1S/2C12H16O2/c1-10(2)9-14-12(13)8-11-6-4-3-5-7-11;1-9(2)8-11(12(13)14)10-6-4-3-5-7-10/h3-7,10H,8-9H2,1-2H3;3-7,9,11H,8H2,1-2H3,(H,13,14). The highest BCUT2D eigenvalue weighted by molar-refractivity contribution is 5.76. The molecular weight excluding hydrogens is 352 g/mol. The average Bonchev–Trinajstić information content (AvgIpc) is 2.66. The van der Waals surface area contributed by atoms with Crippen LogP contribution in [0.25, 0.3) is 0 Å². The second kappa shape index (κ2) is 12.7. The number of hydrogen-bond donors (Lipinski definition) is 1. The summed E-state index contributed by atoms with van der Waals surface area (Å²) in [4.78, 5) is 22.3. The molecule has 28 heavy (non-hydrogen) atoms. The number of esters is 1. The van der Waals surface area contributed by atoms with E-state index in [2.05, 4.69) is 0 Å². The van der Waals surface area contributed by atoms with E-state index in [1.54, 1.807) is 0 Å². The number of aliphatic carboxylic acids is 1. The molecule has 0 aliphatic heterocycles. The Bertz CT molecular complexity index is 691. The fourth-order valence-electron chi connectivity index (χ4n) is 2.61. The van der Waals surface area contributed by atoms with E-state index >= 15 is 0 Å². The van der Waals surface area contributed by atoms with Crippen molar-refractivity contribution < 1.29 is 19.4 Å². The summed E-state index contributed by atoms with van der Waals surface area (Å²) in [5.74, 6) is -0.447. The molecule has 0 aliphatic rings. The molecular formula is C24H32O4. The van der Waals surface area contributed by atoms with Crippen molar-refractivity contribution in [1.29, 1.82) is 0 Å². The summed E-state index contributed by atoms with van der Waals surface area (Å²) in [5.41, 5.74) is 1.90. The van der Waals surface area contributed by atoms with Gasteiger partial charge in [-0.2, -0.15) is 0 Å². The molecule has 0 aromatic heterocycles. The molecule has 152 valence electrons. The summed E-state index contributed by atoms with van der Waals surface area (Å²) in [6.07, 6.45) is 1.06. The Morgan fingerprint density at radius 3 is 1.86 bits per heavy atom. The molecule has 1 atom stereocenters. The van der Waals surface area contributed by atoms with E-state index in [9.17, 15) is 9.59 Å². The lowest BCUT2D eigenvalue weighted by Gasteiger charge is -2.14. The number of carboxylic acids is 1. The molecule has 2 aromatic carbocycles. The smallest absolute Gasteiger partial charge is 0.310 e. The number of carbonyl (C=O) groups is 2. The molecule has 4 nitrogen and oxygen atoms in total. The van der Waals surface area contributed by atoms with Gasteiger partial charge in [-0.25, -0.2) is 0 Å². The number of hydrogen-bond acceptors (Lipinski definition) is 3. The molecule has 0 saturated carbocycles. The van der Waals surface area contributed by atoms with Crippen LogP contribution in [0.2, 0.25) is 0 Å². The Morgan fingerprint density at radius 2 is 1.39 bits per heavy atom. The van der Waals surface area contributed by atoms with Gasteiger partial charge in [0.05, 0.1) is 18.9 Å². The van der Waals surface area contributed by atoms with Gasteiger partial charge in [0.25, 0.3) is 0 Å². The molecule has 4 heteroatoms. The van der Waals surface area contributed by atoms with Gasteiger partial charge in [-0.3, -0.25) is 9.59 Å². The molecule has 0 aliphatic carbocycles. The Labute approximate surface area is 168 Å². The molecule has 0 bridgehead atoms. The number of ether oxygens (including phenoxy) is 1. The van der Waals surface area contributed by atoms with Crippen LogP contribution < -0.4 is 0 Å². The normalized spacial score (nSPS) is 11.5. The number of carbonyl (C=O) groups excluding carboxylic acids is 1. The first-order valence-electron chi connectivity index (χ1n) is 9.76. The van der Waals surface area contributed by atoms with Gasteiger partial charge in [-0.05, 0) is 29.4 Å². The van der Waals surface area contributed by atoms with Crippen LogP contribution in [0.5, 0.6) is 0 Å². The second-order valence-corrected chi connectivity index (χ2v) is 7.67. The predicted molar refractivity (Wildman–Crippen MR) is 112 cm³/mol. The molecule has 2 aromatic rings. The van der Waals surface area contributed by atoms with E-state index in [4.69, 9.17) is 9.84 Å². The van der Waals surface area contributed by atoms with Crippen molar-refractivity contribution in [3.63, 3.8) is 0 Å². The highest BCUT2D eigenvalue weighted by Gasteiger charge is 2.20. The topological polar surface area (TPSA) is 63.6 Å². The average molecular weight is 385 g/mol. The molecule has 0 heterocycles. The van der Waals surface area contributed by atoms with Crippen LogP contribution in [0.1, 0.15) is 51.2 Å². The fourth-order valence-corrected chi connectivity index (χ4v) is 2.61. The van der Waals surface area contributed by atoms with Crippen molar-refractivity contribution in [2.75, 3.05) is 6.61 Å². The molecule has 0 spiro atoms. The third-order valence-electron chi connectivity index (χ3n) is 3.98. The van der Waals surface area contributed by atoms with Crippen molar-refractivity contribution >= 4 is 11.9 Å². The zero-order chi connectivity index (χ0) is 20.9. The second-order valence-electron chi connectivity index (χ2n) is 7.67. The van der Waals surface area contributed by atoms with Crippen LogP contribution in [0.3, 0.4) is 0 Å². The van der Waals surface area contributed by atoms with Crippen LogP contribution >= 0.6 is 0 Å². The summed E-state index contributed by atoms with van der Waals surface area (Å²) in [5, 5.41) is 9.08. The van der Waals surface area contributed by atoms with Gasteiger partial charge in [-0.15, -0.1) is 0 Å². The van der Waals surface area contributed by atoms with Crippen LogP contribution in [0, 0.1) is 11.8 Å². The molecule has 1 N–H and O–H groups in total. The van der Waals surface area contributed by atoms with Crippen molar-refractivity contribution in [3.05, 3.63) is 71.8 Å². The monoisotopic (exact) mass is 384 g/mol. The van der Waals surface area contributed by atoms with Gasteiger partial charge in [0.1, 0.15) is 0 Å². The molecule has 0 fully saturated rings. The van der Waals surface area contributed by atoms with Crippen molar-refractivity contribution in [2.24, 2.45) is 11.8 Å². The largest absolute Gasteiger partial charge is 0.481 e. The summed E-state index contributed by atoms with van der Waals surface area (Å²) in [7, 11) is 0. The first-order valence-corrected chi connectivity index (χ1v) is 9.76. The van der Waals surface area contributed by atoms with E-state index in [0.29, 0.717) is 31.3 Å². The molecule has 0 saturated heterocycles. The molecule has 2 rings (SSSR count). The first-order chi connectivity index (χ1) is 13.3. The van der Waals surface area contributed by atoms with Crippen molar-refractivity contribution in [3.8, 4) is 0 Å². The van der Waals surface area contributed by atoms with Crippen LogP contribution in [0.15, 0.2) is 60.7 Å². The zero-order valence-electron chi connectivity index (χ0n) is 17.3. The van der Waals surface area contributed by atoms with Gasteiger partial charge >= 0.3 is 11.9 Å². The Hall–Kier alpha value is -2.62. The van der Waals surface area contributed by atoms with Gasteiger partial charge in [-0.1, -0.05) is 88.4 Å². The Morgan fingerprint density at radius 1 is 0.857 bits per heavy atom. The van der Waals surface area contributed by atoms with Crippen molar-refractivity contribution in [1.82, 2.24) is 0 Å². The predicted octanol–water partition coefficient (Wildman–Crippen LogP) is 5.33. The van der Waals surface area contributed by atoms with Gasteiger partial charge in [0, 0.05) is 0 Å². The first kappa shape index (κ1) is 23.4. The maximum Gasteiger partial charge on any atom is 0.310 e. The van der Waals surface area contributed by atoms with Crippen LogP contribution in [-0.2, 0) is 20.7 Å². The van der Waals surface area contributed by atoms with Gasteiger partial charge in [0.15, 0.2) is 0 Å². The third kappa shape index (κ3) is 9.91. The van der Waals surface area contributed by atoms with Gasteiger partial charge in [0.2, 0.25) is 0 Å². The lowest BCUT2D eigenvalue weighted by atomic mass is 9.90. The molecule has 0 amide bonds. The molecule has 1 unspecified atom stereocenters. The maximum atomic E-state index is 11.3. The Balaban J connectivity index is 0.000000280. The summed E-state index contributed by atoms with van der Waals surface area (Å²) < 4.78 is 5.07. The minimum atomic E-state index is -0.732. The number of benzene rings is 2. The maximum absolute atomic E-state index is 11.3. The zero-order valence-corrected chi connectivity index (χ0v) is 17.3. The quantitative estimate of drug-likeness (QED) is 0.625. The van der Waals surface area contributed by atoms with Crippen LogP contribution in [-0.4, -0.2) is 23.7 Å². The van der Waals surface area contributed by atoms with Crippen molar-refractivity contribution in [2.45, 2.75) is 46.5 Å². The number of rotatable bonds is 8. The van der Waals surface area contributed by atoms with Crippen LogP contribution in [0.4, 0.5) is 0 Å². The Kier molecular flexibility index (Phi) is 10.6. The summed E-state index contributed by atoms with van der Waals surface area (Å²) >= 11 is 0. The summed E-state index contributed by atoms with van der Waals surface area (Å²) in [6.45, 7) is 8.63. The van der Waals surface area contributed by atoms with E-state index in [1.165, 1.54) is 0 Å². The minimum absolute atomic E-state index is 0.148. The van der Waals surface area contributed by atoms with E-state index < -0.39 is 5.97 Å². The SMILES string of the molecule is CC(C)CC(C(=O)O)c1ccccc1.CC(C)COC(=O)Cc1ccccc1. The summed E-state index contributed by atoms with van der Waals surface area (Å²) in [6, 6.07) is 19.0. The van der Waals surface area contributed by atoms with Gasteiger partial charge < -0.3 is 9.84 Å². The van der Waals surface area contributed by atoms with E-state index in [0.717, 1.165) is 11.1 Å². The molecule has 0 radical (unpaired) electrons. The fraction of sp³-hybridized carbons (Fsp3) is 0.417. The highest BCUT2D eigenvalue weighted by atomic mass is 16.5. The lowest BCUT2D eigenvalue weighted by Crippen LogP contribution is -2.13. The number of carboxylic acid groups (broad SMARTS) is 1. The van der Waals surface area contributed by atoms with E-state index in [-0.39, 0.29) is 11.9 Å². The highest BCUT2D eigenvalue weighted by Crippen LogP contribution is 2.23. The lowest BCUT2D eigenvalue weighted by molar-refractivity contribution is -0.144.